The molecule has 3 rings (SSSR count). The summed E-state index contributed by atoms with van der Waals surface area (Å²) in [5.74, 6) is 1.62. The van der Waals surface area contributed by atoms with Crippen LogP contribution in [0.1, 0.15) is 24.8 Å². The molecule has 2 saturated heterocycles. The van der Waals surface area contributed by atoms with Gasteiger partial charge < -0.3 is 14.5 Å². The lowest BCUT2D eigenvalue weighted by atomic mass is 9.89. The molecular weight excluding hydrogens is 304 g/mol. The van der Waals surface area contributed by atoms with Gasteiger partial charge >= 0.3 is 0 Å². The molecule has 0 aromatic heterocycles. The Morgan fingerprint density at radius 1 is 1.25 bits per heavy atom. The van der Waals surface area contributed by atoms with E-state index in [0.29, 0.717) is 18.9 Å². The molecule has 0 spiro atoms. The number of methoxy groups -OCH3 is 1. The predicted octanol–water partition coefficient (Wildman–Crippen LogP) is 1.95. The van der Waals surface area contributed by atoms with Crippen molar-refractivity contribution in [2.45, 2.75) is 25.7 Å². The maximum atomic E-state index is 12.6. The minimum absolute atomic E-state index is 0.0828. The maximum Gasteiger partial charge on any atom is 0.227 e. The van der Waals surface area contributed by atoms with Gasteiger partial charge in [-0.25, -0.2) is 0 Å². The van der Waals surface area contributed by atoms with E-state index in [2.05, 4.69) is 6.07 Å². The SMILES string of the molecule is COc1ccccc1CC1CCN(C(=O)[C@@H]2CC(=O)N(C)C2)CC1. The van der Waals surface area contributed by atoms with Crippen LogP contribution in [-0.2, 0) is 16.0 Å². The monoisotopic (exact) mass is 330 g/mol. The molecule has 5 nitrogen and oxygen atoms in total. The standard InChI is InChI=1S/C19H26N2O3/c1-20-13-16(12-18(20)22)19(23)21-9-7-14(8-10-21)11-15-5-3-4-6-17(15)24-2/h3-6,14,16H,7-13H2,1-2H3/t16-/m1/s1. The van der Waals surface area contributed by atoms with Crippen LogP contribution in [0.15, 0.2) is 24.3 Å². The largest absolute Gasteiger partial charge is 0.496 e. The number of hydrogen-bond donors (Lipinski definition) is 0. The van der Waals surface area contributed by atoms with Gasteiger partial charge in [0.25, 0.3) is 0 Å². The van der Waals surface area contributed by atoms with Gasteiger partial charge in [-0.3, -0.25) is 9.59 Å². The quantitative estimate of drug-likeness (QED) is 0.848. The highest BCUT2D eigenvalue weighted by Crippen LogP contribution is 2.28. The number of rotatable bonds is 4. The molecule has 130 valence electrons. The number of carbonyl (C=O) groups is 2. The van der Waals surface area contributed by atoms with E-state index < -0.39 is 0 Å². The molecule has 0 saturated carbocycles. The van der Waals surface area contributed by atoms with E-state index in [9.17, 15) is 9.59 Å². The molecule has 2 fully saturated rings. The van der Waals surface area contributed by atoms with Gasteiger partial charge in [-0.2, -0.15) is 0 Å². The third-order valence-electron chi connectivity index (χ3n) is 5.32. The van der Waals surface area contributed by atoms with Gasteiger partial charge in [0.15, 0.2) is 0 Å². The van der Waals surface area contributed by atoms with Crippen molar-refractivity contribution >= 4 is 11.8 Å². The minimum atomic E-state index is -0.145. The highest BCUT2D eigenvalue weighted by atomic mass is 16.5. The van der Waals surface area contributed by atoms with Gasteiger partial charge in [-0.15, -0.1) is 0 Å². The Morgan fingerprint density at radius 2 is 1.96 bits per heavy atom. The summed E-state index contributed by atoms with van der Waals surface area (Å²) in [6, 6.07) is 8.16. The molecule has 2 heterocycles. The Bertz CT molecular complexity index is 608. The molecule has 24 heavy (non-hydrogen) atoms. The van der Waals surface area contributed by atoms with Gasteiger partial charge in [0.1, 0.15) is 5.75 Å². The van der Waals surface area contributed by atoms with Gasteiger partial charge in [-0.1, -0.05) is 18.2 Å². The number of likely N-dealkylation sites (tertiary alicyclic amines) is 2. The molecule has 0 aliphatic carbocycles. The van der Waals surface area contributed by atoms with Crippen molar-refractivity contribution in [2.24, 2.45) is 11.8 Å². The van der Waals surface area contributed by atoms with E-state index in [1.165, 1.54) is 5.56 Å². The van der Waals surface area contributed by atoms with Crippen LogP contribution >= 0.6 is 0 Å². The Labute approximate surface area is 143 Å². The second-order valence-electron chi connectivity index (χ2n) is 6.96. The number of ether oxygens (including phenoxy) is 1. The Morgan fingerprint density at radius 3 is 2.58 bits per heavy atom. The second kappa shape index (κ2) is 7.24. The van der Waals surface area contributed by atoms with E-state index in [1.54, 1.807) is 19.1 Å². The number of para-hydroxylation sites is 1. The number of piperidine rings is 1. The fraction of sp³-hybridized carbons (Fsp3) is 0.579. The number of benzene rings is 1. The lowest BCUT2D eigenvalue weighted by molar-refractivity contribution is -0.137. The summed E-state index contributed by atoms with van der Waals surface area (Å²) in [6.07, 6.45) is 3.40. The fourth-order valence-electron chi connectivity index (χ4n) is 3.83. The van der Waals surface area contributed by atoms with Crippen LogP contribution < -0.4 is 4.74 Å². The van der Waals surface area contributed by atoms with Crippen molar-refractivity contribution in [3.8, 4) is 5.75 Å². The molecule has 0 N–H and O–H groups in total. The Balaban J connectivity index is 1.52. The molecule has 0 radical (unpaired) electrons. The average Bonchev–Trinajstić information content (AvgIpc) is 2.94. The number of nitrogens with zero attached hydrogens (tertiary/aromatic N) is 2. The van der Waals surface area contributed by atoms with E-state index in [4.69, 9.17) is 4.74 Å². The van der Waals surface area contributed by atoms with Crippen LogP contribution in [0.3, 0.4) is 0 Å². The van der Waals surface area contributed by atoms with Crippen LogP contribution in [0.4, 0.5) is 0 Å². The zero-order valence-electron chi connectivity index (χ0n) is 14.5. The molecule has 2 aliphatic heterocycles. The highest BCUT2D eigenvalue weighted by Gasteiger charge is 2.35. The van der Waals surface area contributed by atoms with Crippen LogP contribution in [0, 0.1) is 11.8 Å². The van der Waals surface area contributed by atoms with E-state index >= 15 is 0 Å². The molecule has 5 heteroatoms. The first-order valence-corrected chi connectivity index (χ1v) is 8.73. The van der Waals surface area contributed by atoms with Gasteiger partial charge in [0.05, 0.1) is 13.0 Å². The Kier molecular flexibility index (Phi) is 5.07. The third-order valence-corrected chi connectivity index (χ3v) is 5.32. The van der Waals surface area contributed by atoms with Crippen LogP contribution in [0.25, 0.3) is 0 Å². The van der Waals surface area contributed by atoms with Crippen LogP contribution in [0.2, 0.25) is 0 Å². The zero-order chi connectivity index (χ0) is 17.1. The van der Waals surface area contributed by atoms with E-state index in [-0.39, 0.29) is 17.7 Å². The lowest BCUT2D eigenvalue weighted by Crippen LogP contribution is -2.42. The van der Waals surface area contributed by atoms with Crippen molar-refractivity contribution in [1.82, 2.24) is 9.80 Å². The van der Waals surface area contributed by atoms with Crippen LogP contribution in [-0.4, -0.2) is 55.4 Å². The molecule has 1 atom stereocenters. The first-order valence-electron chi connectivity index (χ1n) is 8.73. The molecule has 0 unspecified atom stereocenters. The number of hydrogen-bond acceptors (Lipinski definition) is 3. The van der Waals surface area contributed by atoms with Gasteiger partial charge in [0.2, 0.25) is 11.8 Å². The molecule has 2 amide bonds. The average molecular weight is 330 g/mol. The molecule has 0 bridgehead atoms. The first-order chi connectivity index (χ1) is 11.6. The summed E-state index contributed by atoms with van der Waals surface area (Å²) >= 11 is 0. The van der Waals surface area contributed by atoms with Crippen LogP contribution in [0.5, 0.6) is 5.75 Å². The topological polar surface area (TPSA) is 49.9 Å². The number of carbonyl (C=O) groups excluding carboxylic acids is 2. The minimum Gasteiger partial charge on any atom is -0.496 e. The second-order valence-corrected chi connectivity index (χ2v) is 6.96. The summed E-state index contributed by atoms with van der Waals surface area (Å²) in [4.78, 5) is 27.8. The predicted molar refractivity (Wildman–Crippen MR) is 91.7 cm³/mol. The summed E-state index contributed by atoms with van der Waals surface area (Å²) in [5.41, 5.74) is 1.24. The molecule has 2 aliphatic rings. The van der Waals surface area contributed by atoms with Crippen molar-refractivity contribution < 1.29 is 14.3 Å². The fourth-order valence-corrected chi connectivity index (χ4v) is 3.83. The summed E-state index contributed by atoms with van der Waals surface area (Å²) in [5, 5.41) is 0. The summed E-state index contributed by atoms with van der Waals surface area (Å²) in [7, 11) is 3.48. The molecule has 1 aromatic rings. The van der Waals surface area contributed by atoms with Crippen molar-refractivity contribution in [3.63, 3.8) is 0 Å². The molecule has 1 aromatic carbocycles. The van der Waals surface area contributed by atoms with Crippen molar-refractivity contribution in [2.75, 3.05) is 33.8 Å². The Hall–Kier alpha value is -2.04. The maximum absolute atomic E-state index is 12.6. The van der Waals surface area contributed by atoms with Crippen molar-refractivity contribution in [1.29, 1.82) is 0 Å². The first kappa shape index (κ1) is 16.8. The smallest absolute Gasteiger partial charge is 0.227 e. The van der Waals surface area contributed by atoms with E-state index in [1.807, 2.05) is 23.1 Å². The molecular formula is C19H26N2O3. The van der Waals surface area contributed by atoms with Gasteiger partial charge in [-0.05, 0) is 36.8 Å². The lowest BCUT2D eigenvalue weighted by Gasteiger charge is -2.33. The zero-order valence-corrected chi connectivity index (χ0v) is 14.5. The normalized spacial score (nSPS) is 22.1. The summed E-state index contributed by atoms with van der Waals surface area (Å²) < 4.78 is 5.43. The third kappa shape index (κ3) is 3.55. The van der Waals surface area contributed by atoms with Crippen molar-refractivity contribution in [3.05, 3.63) is 29.8 Å². The highest BCUT2D eigenvalue weighted by molar-refractivity contribution is 5.89. The van der Waals surface area contributed by atoms with Gasteiger partial charge in [0, 0.05) is 33.1 Å². The van der Waals surface area contributed by atoms with E-state index in [0.717, 1.165) is 38.1 Å². The number of amides is 2. The summed E-state index contributed by atoms with van der Waals surface area (Å²) in [6.45, 7) is 2.17.